The Bertz CT molecular complexity index is 747. The number of likely N-dealkylation sites (N-methyl/N-ethyl adjacent to an activating group) is 1. The van der Waals surface area contributed by atoms with Gasteiger partial charge in [0.25, 0.3) is 0 Å². The number of benzene rings is 1. The van der Waals surface area contributed by atoms with Gasteiger partial charge in [-0.3, -0.25) is 9.79 Å². The van der Waals surface area contributed by atoms with E-state index in [-0.39, 0.29) is 12.5 Å². The maximum Gasteiger partial charge on any atom is 0.417 e. The van der Waals surface area contributed by atoms with Crippen LogP contribution in [0.5, 0.6) is 0 Å². The van der Waals surface area contributed by atoms with Crippen LogP contribution in [0.25, 0.3) is 0 Å². The van der Waals surface area contributed by atoms with Gasteiger partial charge in [-0.15, -0.1) is 0 Å². The number of halogens is 3. The fourth-order valence-electron chi connectivity index (χ4n) is 2.57. The molecule has 0 fully saturated rings. The van der Waals surface area contributed by atoms with Crippen molar-refractivity contribution in [3.63, 3.8) is 0 Å². The van der Waals surface area contributed by atoms with E-state index in [1.54, 1.807) is 11.0 Å². The van der Waals surface area contributed by atoms with Crippen molar-refractivity contribution in [2.24, 2.45) is 4.99 Å². The molecule has 1 aliphatic rings. The van der Waals surface area contributed by atoms with Gasteiger partial charge in [-0.2, -0.15) is 18.4 Å². The molecule has 126 valence electrons. The Morgan fingerprint density at radius 2 is 2.17 bits per heavy atom. The summed E-state index contributed by atoms with van der Waals surface area (Å²) < 4.78 is 39.2. The number of anilines is 1. The molecule has 5 nitrogen and oxygen atoms in total. The summed E-state index contributed by atoms with van der Waals surface area (Å²) in [4.78, 5) is 17.3. The first-order chi connectivity index (χ1) is 11.3. The molecule has 0 aromatic heterocycles. The summed E-state index contributed by atoms with van der Waals surface area (Å²) in [6, 6.07) is 5.11. The normalized spacial score (nSPS) is 15.0. The number of alkyl halides is 3. The highest BCUT2D eigenvalue weighted by Gasteiger charge is 2.34. The van der Waals surface area contributed by atoms with Crippen molar-refractivity contribution >= 4 is 18.3 Å². The van der Waals surface area contributed by atoms with E-state index in [2.05, 4.69) is 17.0 Å². The van der Waals surface area contributed by atoms with E-state index in [9.17, 15) is 18.0 Å². The van der Waals surface area contributed by atoms with Crippen LogP contribution in [0, 0.1) is 11.3 Å². The molecule has 1 aromatic carbocycles. The Kier molecular flexibility index (Phi) is 4.93. The van der Waals surface area contributed by atoms with Gasteiger partial charge in [-0.1, -0.05) is 0 Å². The molecule has 0 atom stereocenters. The molecule has 0 bridgehead atoms. The number of hydrogen-bond acceptors (Lipinski definition) is 4. The van der Waals surface area contributed by atoms with Crippen molar-refractivity contribution in [3.8, 4) is 6.07 Å². The fraction of sp³-hybridized carbons (Fsp3) is 0.312. The van der Waals surface area contributed by atoms with E-state index in [1.807, 2.05) is 0 Å². The van der Waals surface area contributed by atoms with Crippen LogP contribution in [0.2, 0.25) is 0 Å². The van der Waals surface area contributed by atoms with Crippen LogP contribution in [0.3, 0.4) is 0 Å². The molecule has 0 saturated heterocycles. The highest BCUT2D eigenvalue weighted by molar-refractivity contribution is 5.94. The summed E-state index contributed by atoms with van der Waals surface area (Å²) in [6.45, 7) is 3.97. The van der Waals surface area contributed by atoms with Gasteiger partial charge in [-0.25, -0.2) is 0 Å². The zero-order valence-electron chi connectivity index (χ0n) is 12.9. The minimum atomic E-state index is -4.61. The molecule has 0 spiro atoms. The Balaban J connectivity index is 2.38. The fourth-order valence-corrected chi connectivity index (χ4v) is 2.57. The quantitative estimate of drug-likeness (QED) is 0.862. The average molecular weight is 336 g/mol. The van der Waals surface area contributed by atoms with Gasteiger partial charge in [0.1, 0.15) is 0 Å². The number of hydrogen-bond donors (Lipinski definition) is 1. The molecule has 1 N–H and O–H groups in total. The lowest BCUT2D eigenvalue weighted by molar-refractivity contribution is -0.137. The van der Waals surface area contributed by atoms with E-state index in [1.165, 1.54) is 13.1 Å². The molecule has 1 aliphatic heterocycles. The zero-order valence-corrected chi connectivity index (χ0v) is 12.9. The molecule has 0 unspecified atom stereocenters. The lowest BCUT2D eigenvalue weighted by atomic mass is 10.0. The van der Waals surface area contributed by atoms with Crippen LogP contribution in [-0.4, -0.2) is 32.8 Å². The minimum absolute atomic E-state index is 0.176. The third kappa shape index (κ3) is 3.40. The number of carbonyl (C=O) groups is 1. The number of nitrogens with one attached hydrogen (secondary N) is 1. The molecule has 8 heteroatoms. The first-order valence-corrected chi connectivity index (χ1v) is 7.09. The predicted octanol–water partition coefficient (Wildman–Crippen LogP) is 2.49. The Morgan fingerprint density at radius 1 is 1.46 bits per heavy atom. The van der Waals surface area contributed by atoms with Gasteiger partial charge < -0.3 is 10.2 Å². The highest BCUT2D eigenvalue weighted by atomic mass is 19.4. The maximum absolute atomic E-state index is 13.1. The number of aliphatic imine (C=N–C) groups is 1. The second-order valence-corrected chi connectivity index (χ2v) is 5.17. The standard InChI is InChI=1S/C16H15F3N4O/c1-21-14-9-23(6-5-12(14)15(24)22-2)11-4-3-10(8-20)13(7-11)16(17,18)19/h3-4,7H,1,5-6,9H2,2H3,(H,22,24). The third-order valence-corrected chi connectivity index (χ3v) is 3.81. The highest BCUT2D eigenvalue weighted by Crippen LogP contribution is 2.35. The largest absolute Gasteiger partial charge is 0.417 e. The van der Waals surface area contributed by atoms with Gasteiger partial charge in [0, 0.05) is 24.9 Å². The van der Waals surface area contributed by atoms with Crippen LogP contribution in [0.1, 0.15) is 17.5 Å². The summed E-state index contributed by atoms with van der Waals surface area (Å²) in [5.74, 6) is -0.271. The van der Waals surface area contributed by atoms with Crippen LogP contribution >= 0.6 is 0 Å². The van der Waals surface area contributed by atoms with Gasteiger partial charge in [0.2, 0.25) is 5.91 Å². The summed E-state index contributed by atoms with van der Waals surface area (Å²) in [5.41, 5.74) is -0.172. The topological polar surface area (TPSA) is 68.5 Å². The van der Waals surface area contributed by atoms with Gasteiger partial charge in [0.05, 0.1) is 29.4 Å². The third-order valence-electron chi connectivity index (χ3n) is 3.81. The first-order valence-electron chi connectivity index (χ1n) is 7.09. The first kappa shape index (κ1) is 17.5. The second kappa shape index (κ2) is 6.74. The van der Waals surface area contributed by atoms with Crippen molar-refractivity contribution in [2.45, 2.75) is 12.6 Å². The molecule has 1 amide bonds. The number of nitrogens with zero attached hydrogens (tertiary/aromatic N) is 3. The summed E-state index contributed by atoms with van der Waals surface area (Å²) in [6.07, 6.45) is -4.27. The van der Waals surface area contributed by atoms with Crippen molar-refractivity contribution in [1.29, 1.82) is 5.26 Å². The summed E-state index contributed by atoms with van der Waals surface area (Å²) in [7, 11) is 1.50. The van der Waals surface area contributed by atoms with E-state index in [4.69, 9.17) is 5.26 Å². The Morgan fingerprint density at radius 3 is 2.71 bits per heavy atom. The van der Waals surface area contributed by atoms with Crippen molar-refractivity contribution in [1.82, 2.24) is 5.32 Å². The van der Waals surface area contributed by atoms with E-state index >= 15 is 0 Å². The molecule has 2 rings (SSSR count). The Hall–Kier alpha value is -2.82. The van der Waals surface area contributed by atoms with Crippen LogP contribution in [-0.2, 0) is 11.0 Å². The molecule has 0 saturated carbocycles. The maximum atomic E-state index is 13.1. The van der Waals surface area contributed by atoms with Crippen LogP contribution in [0.15, 0.2) is 34.5 Å². The SMILES string of the molecule is C=NC1=C(C(=O)NC)CCN(c2ccc(C#N)c(C(F)(F)F)c2)C1. The monoisotopic (exact) mass is 336 g/mol. The second-order valence-electron chi connectivity index (χ2n) is 5.17. The summed E-state index contributed by atoms with van der Waals surface area (Å²) in [5, 5.41) is 11.4. The number of amides is 1. The minimum Gasteiger partial charge on any atom is -0.365 e. The van der Waals surface area contributed by atoms with Crippen LogP contribution < -0.4 is 10.2 Å². The van der Waals surface area contributed by atoms with Crippen molar-refractivity contribution in [2.75, 3.05) is 25.0 Å². The molecule has 0 radical (unpaired) electrons. The molecule has 0 aliphatic carbocycles. The van der Waals surface area contributed by atoms with E-state index in [0.29, 0.717) is 29.9 Å². The number of nitriles is 1. The summed E-state index contributed by atoms with van der Waals surface area (Å²) >= 11 is 0. The predicted molar refractivity (Wildman–Crippen MR) is 83.6 cm³/mol. The molecular weight excluding hydrogens is 321 g/mol. The number of rotatable bonds is 3. The molecule has 24 heavy (non-hydrogen) atoms. The van der Waals surface area contributed by atoms with Crippen LogP contribution in [0.4, 0.5) is 18.9 Å². The van der Waals surface area contributed by atoms with Crippen molar-refractivity contribution in [3.05, 3.63) is 40.6 Å². The Labute approximate surface area is 137 Å². The van der Waals surface area contributed by atoms with Gasteiger partial charge in [-0.05, 0) is 31.3 Å². The number of carbonyl (C=O) groups excluding carboxylic acids is 1. The average Bonchev–Trinajstić information content (AvgIpc) is 2.59. The zero-order chi connectivity index (χ0) is 17.9. The molecule has 1 aromatic rings. The van der Waals surface area contributed by atoms with Gasteiger partial charge >= 0.3 is 6.18 Å². The van der Waals surface area contributed by atoms with Crippen molar-refractivity contribution < 1.29 is 18.0 Å². The lowest BCUT2D eigenvalue weighted by Crippen LogP contribution is -2.35. The smallest absolute Gasteiger partial charge is 0.365 e. The lowest BCUT2D eigenvalue weighted by Gasteiger charge is -2.31. The molecular formula is C16H15F3N4O. The molecule has 1 heterocycles. The van der Waals surface area contributed by atoms with E-state index in [0.717, 1.165) is 12.1 Å². The van der Waals surface area contributed by atoms with Gasteiger partial charge in [0.15, 0.2) is 0 Å². The van der Waals surface area contributed by atoms with E-state index < -0.39 is 17.3 Å².